The number of nitrogens with zero attached hydrogens (tertiary/aromatic N) is 2. The van der Waals surface area contributed by atoms with E-state index in [-0.39, 0.29) is 12.0 Å². The molecule has 0 aliphatic heterocycles. The molecule has 0 bridgehead atoms. The van der Waals surface area contributed by atoms with Crippen molar-refractivity contribution in [3.05, 3.63) is 49.8 Å². The second-order valence-corrected chi connectivity index (χ2v) is 5.00. The van der Waals surface area contributed by atoms with Crippen LogP contribution in [0.1, 0.15) is 10.7 Å². The van der Waals surface area contributed by atoms with Gasteiger partial charge in [0.2, 0.25) is 0 Å². The van der Waals surface area contributed by atoms with Gasteiger partial charge in [-0.1, -0.05) is 11.6 Å². The third-order valence-corrected chi connectivity index (χ3v) is 3.29. The zero-order chi connectivity index (χ0) is 13.1. The van der Waals surface area contributed by atoms with Gasteiger partial charge in [-0.3, -0.25) is 9.59 Å². The van der Waals surface area contributed by atoms with Crippen LogP contribution >= 0.6 is 22.9 Å². The normalized spacial score (nSPS) is 10.5. The Morgan fingerprint density at radius 3 is 3.00 bits per heavy atom. The first kappa shape index (κ1) is 12.8. The Labute approximate surface area is 111 Å². The van der Waals surface area contributed by atoms with Crippen LogP contribution in [0.15, 0.2) is 28.5 Å². The van der Waals surface area contributed by atoms with Crippen molar-refractivity contribution >= 4 is 28.9 Å². The molecule has 2 rings (SSSR count). The van der Waals surface area contributed by atoms with Crippen LogP contribution in [-0.4, -0.2) is 20.6 Å². The Kier molecular flexibility index (Phi) is 3.78. The summed E-state index contributed by atoms with van der Waals surface area (Å²) in [4.78, 5) is 26.2. The van der Waals surface area contributed by atoms with E-state index in [1.807, 2.05) is 0 Å². The zero-order valence-corrected chi connectivity index (χ0v) is 10.7. The highest BCUT2D eigenvalue weighted by Gasteiger charge is 2.07. The van der Waals surface area contributed by atoms with E-state index in [9.17, 15) is 9.59 Å². The zero-order valence-electron chi connectivity index (χ0n) is 9.17. The van der Waals surface area contributed by atoms with Gasteiger partial charge < -0.3 is 9.67 Å². The van der Waals surface area contributed by atoms with E-state index >= 15 is 0 Å². The molecule has 0 aliphatic carbocycles. The number of aromatic nitrogens is 2. The third-order valence-electron chi connectivity index (χ3n) is 2.18. The third kappa shape index (κ3) is 3.18. The average Bonchev–Trinajstić information content (AvgIpc) is 2.70. The number of hydrogen-bond acceptors (Lipinski definition) is 4. The smallest absolute Gasteiger partial charge is 0.309 e. The minimum atomic E-state index is -0.924. The molecule has 2 heterocycles. The number of thiazole rings is 1. The lowest BCUT2D eigenvalue weighted by Crippen LogP contribution is -2.18. The van der Waals surface area contributed by atoms with Crippen LogP contribution in [0.4, 0.5) is 0 Å². The molecule has 2 aromatic heterocycles. The van der Waals surface area contributed by atoms with Crippen LogP contribution in [-0.2, 0) is 17.8 Å². The van der Waals surface area contributed by atoms with E-state index in [1.165, 1.54) is 34.2 Å². The molecule has 0 aromatic carbocycles. The fourth-order valence-electron chi connectivity index (χ4n) is 1.43. The first-order valence-electron chi connectivity index (χ1n) is 5.05. The number of halogens is 1. The maximum atomic E-state index is 11.5. The highest BCUT2D eigenvalue weighted by Crippen LogP contribution is 2.12. The Morgan fingerprint density at radius 2 is 2.28 bits per heavy atom. The lowest BCUT2D eigenvalue weighted by atomic mass is 10.3. The van der Waals surface area contributed by atoms with Gasteiger partial charge in [-0.2, -0.15) is 0 Å². The van der Waals surface area contributed by atoms with E-state index in [1.54, 1.807) is 5.38 Å². The molecule has 1 N–H and O–H groups in total. The van der Waals surface area contributed by atoms with E-state index in [0.29, 0.717) is 22.3 Å². The summed E-state index contributed by atoms with van der Waals surface area (Å²) in [5, 5.41) is 11.5. The van der Waals surface area contributed by atoms with Gasteiger partial charge in [-0.05, 0) is 6.07 Å². The van der Waals surface area contributed by atoms with Crippen molar-refractivity contribution in [2.75, 3.05) is 0 Å². The van der Waals surface area contributed by atoms with Crippen molar-refractivity contribution in [2.45, 2.75) is 13.0 Å². The van der Waals surface area contributed by atoms with Gasteiger partial charge in [0.05, 0.1) is 23.7 Å². The average molecular weight is 285 g/mol. The SMILES string of the molecule is O=C(O)Cc1csc(Cn2cc(Cl)ccc2=O)n1. The minimum absolute atomic E-state index is 0.110. The number of carbonyl (C=O) groups is 1. The molecular formula is C11H9ClN2O3S. The summed E-state index contributed by atoms with van der Waals surface area (Å²) in [7, 11) is 0. The monoisotopic (exact) mass is 284 g/mol. The molecule has 94 valence electrons. The van der Waals surface area contributed by atoms with Crippen molar-refractivity contribution in [1.29, 1.82) is 0 Å². The number of hydrogen-bond donors (Lipinski definition) is 1. The molecular weight excluding hydrogens is 276 g/mol. The van der Waals surface area contributed by atoms with E-state index in [2.05, 4.69) is 4.98 Å². The summed E-state index contributed by atoms with van der Waals surface area (Å²) >= 11 is 7.13. The van der Waals surface area contributed by atoms with Crippen molar-refractivity contribution < 1.29 is 9.90 Å². The molecule has 0 atom stereocenters. The van der Waals surface area contributed by atoms with Gasteiger partial charge in [-0.15, -0.1) is 11.3 Å². The lowest BCUT2D eigenvalue weighted by molar-refractivity contribution is -0.136. The second kappa shape index (κ2) is 5.32. The number of aliphatic carboxylic acids is 1. The van der Waals surface area contributed by atoms with Crippen LogP contribution in [0.3, 0.4) is 0 Å². The first-order valence-corrected chi connectivity index (χ1v) is 6.31. The lowest BCUT2D eigenvalue weighted by Gasteiger charge is -2.02. The second-order valence-electron chi connectivity index (χ2n) is 3.62. The maximum Gasteiger partial charge on any atom is 0.309 e. The highest BCUT2D eigenvalue weighted by atomic mass is 35.5. The molecule has 0 amide bonds. The Bertz CT molecular complexity index is 635. The fraction of sp³-hybridized carbons (Fsp3) is 0.182. The number of pyridine rings is 1. The van der Waals surface area contributed by atoms with Gasteiger partial charge in [0.1, 0.15) is 5.01 Å². The molecule has 18 heavy (non-hydrogen) atoms. The van der Waals surface area contributed by atoms with Gasteiger partial charge in [0, 0.05) is 17.6 Å². The Hall–Kier alpha value is -1.66. The molecule has 2 aromatic rings. The first-order chi connectivity index (χ1) is 8.54. The Balaban J connectivity index is 2.18. The molecule has 0 radical (unpaired) electrons. The van der Waals surface area contributed by atoms with Crippen molar-refractivity contribution in [3.63, 3.8) is 0 Å². The van der Waals surface area contributed by atoms with Gasteiger partial charge in [0.25, 0.3) is 5.56 Å². The van der Waals surface area contributed by atoms with Crippen LogP contribution in [0.5, 0.6) is 0 Å². The summed E-state index contributed by atoms with van der Waals surface area (Å²) in [5.41, 5.74) is 0.326. The summed E-state index contributed by atoms with van der Waals surface area (Å²) < 4.78 is 1.44. The van der Waals surface area contributed by atoms with Crippen LogP contribution in [0, 0.1) is 0 Å². The van der Waals surface area contributed by atoms with E-state index in [4.69, 9.17) is 16.7 Å². The molecule has 0 saturated heterocycles. The summed E-state index contributed by atoms with van der Waals surface area (Å²) in [6, 6.07) is 2.91. The van der Waals surface area contributed by atoms with Crippen LogP contribution in [0.25, 0.3) is 0 Å². The molecule has 0 fully saturated rings. The largest absolute Gasteiger partial charge is 0.481 e. The van der Waals surface area contributed by atoms with Crippen molar-refractivity contribution in [1.82, 2.24) is 9.55 Å². The Morgan fingerprint density at radius 1 is 1.50 bits per heavy atom. The number of rotatable bonds is 4. The van der Waals surface area contributed by atoms with Crippen molar-refractivity contribution in [2.24, 2.45) is 0 Å². The molecule has 0 aliphatic rings. The number of carboxylic acid groups (broad SMARTS) is 1. The summed E-state index contributed by atoms with van der Waals surface area (Å²) in [5.74, 6) is -0.924. The van der Waals surface area contributed by atoms with Crippen molar-refractivity contribution in [3.8, 4) is 0 Å². The molecule has 7 heteroatoms. The predicted octanol–water partition coefficient (Wildman–Crippen LogP) is 1.63. The topological polar surface area (TPSA) is 72.2 Å². The summed E-state index contributed by atoms with van der Waals surface area (Å²) in [6.07, 6.45) is 1.42. The minimum Gasteiger partial charge on any atom is -0.481 e. The van der Waals surface area contributed by atoms with Crippen LogP contribution in [0.2, 0.25) is 5.02 Å². The maximum absolute atomic E-state index is 11.5. The molecule has 0 spiro atoms. The number of carboxylic acids is 1. The van der Waals surface area contributed by atoms with Gasteiger partial charge in [0.15, 0.2) is 0 Å². The van der Waals surface area contributed by atoms with E-state index in [0.717, 1.165) is 0 Å². The van der Waals surface area contributed by atoms with Gasteiger partial charge >= 0.3 is 5.97 Å². The summed E-state index contributed by atoms with van der Waals surface area (Å²) in [6.45, 7) is 0.295. The molecule has 0 saturated carbocycles. The molecule has 0 unspecified atom stereocenters. The highest BCUT2D eigenvalue weighted by molar-refractivity contribution is 7.09. The molecule has 5 nitrogen and oxygen atoms in total. The predicted molar refractivity (Wildman–Crippen MR) is 68.3 cm³/mol. The quantitative estimate of drug-likeness (QED) is 0.926. The van der Waals surface area contributed by atoms with Gasteiger partial charge in [-0.25, -0.2) is 4.98 Å². The fourth-order valence-corrected chi connectivity index (χ4v) is 2.40. The van der Waals surface area contributed by atoms with E-state index < -0.39 is 5.97 Å². The standard InChI is InChI=1S/C11H9ClN2O3S/c12-7-1-2-10(15)14(4-7)5-9-13-8(6-18-9)3-11(16)17/h1-2,4,6H,3,5H2,(H,16,17). The van der Waals surface area contributed by atoms with Crippen LogP contribution < -0.4 is 5.56 Å².